The first kappa shape index (κ1) is 13.6. The average Bonchev–Trinajstić information content (AvgIpc) is 3.20. The standard InChI is InChI=1S/C15H19NO3/c1-2-12-5-3-4-6-13(12)15(19)16(10-14(17)18)9-11-7-8-11/h3-6,11H,2,7-10H2,1H3,(H,17,18). The number of hydrogen-bond acceptors (Lipinski definition) is 2. The van der Waals surface area contributed by atoms with E-state index in [-0.39, 0.29) is 12.5 Å². The van der Waals surface area contributed by atoms with Gasteiger partial charge in [0.05, 0.1) is 0 Å². The molecule has 0 aliphatic heterocycles. The molecule has 1 aliphatic carbocycles. The summed E-state index contributed by atoms with van der Waals surface area (Å²) in [6.07, 6.45) is 2.96. The molecule has 1 fully saturated rings. The van der Waals surface area contributed by atoms with Crippen LogP contribution in [0.3, 0.4) is 0 Å². The molecule has 1 aliphatic rings. The van der Waals surface area contributed by atoms with Crippen molar-refractivity contribution in [1.82, 2.24) is 4.90 Å². The molecule has 0 aromatic heterocycles. The van der Waals surface area contributed by atoms with Gasteiger partial charge < -0.3 is 10.0 Å². The highest BCUT2D eigenvalue weighted by Gasteiger charge is 2.29. The summed E-state index contributed by atoms with van der Waals surface area (Å²) in [5, 5.41) is 8.95. The van der Waals surface area contributed by atoms with Crippen molar-refractivity contribution in [2.24, 2.45) is 5.92 Å². The first-order chi connectivity index (χ1) is 9.11. The van der Waals surface area contributed by atoms with E-state index in [1.54, 1.807) is 6.07 Å². The van der Waals surface area contributed by atoms with Crippen molar-refractivity contribution < 1.29 is 14.7 Å². The molecule has 4 nitrogen and oxygen atoms in total. The Kier molecular flexibility index (Phi) is 4.20. The van der Waals surface area contributed by atoms with Crippen molar-refractivity contribution in [2.75, 3.05) is 13.1 Å². The van der Waals surface area contributed by atoms with Crippen molar-refractivity contribution in [3.8, 4) is 0 Å². The van der Waals surface area contributed by atoms with E-state index < -0.39 is 5.97 Å². The van der Waals surface area contributed by atoms with Crippen LogP contribution in [0.15, 0.2) is 24.3 Å². The van der Waals surface area contributed by atoms with Crippen molar-refractivity contribution in [3.05, 3.63) is 35.4 Å². The average molecular weight is 261 g/mol. The smallest absolute Gasteiger partial charge is 0.323 e. The molecule has 1 aromatic carbocycles. The van der Waals surface area contributed by atoms with Crippen LogP contribution in [0, 0.1) is 5.92 Å². The van der Waals surface area contributed by atoms with Crippen molar-refractivity contribution >= 4 is 11.9 Å². The zero-order valence-corrected chi connectivity index (χ0v) is 11.1. The largest absolute Gasteiger partial charge is 0.480 e. The molecular weight excluding hydrogens is 242 g/mol. The minimum atomic E-state index is -0.956. The fourth-order valence-corrected chi connectivity index (χ4v) is 2.20. The van der Waals surface area contributed by atoms with Crippen LogP contribution in [0.25, 0.3) is 0 Å². The molecule has 1 saturated carbocycles. The van der Waals surface area contributed by atoms with Crippen LogP contribution in [-0.4, -0.2) is 35.0 Å². The molecule has 0 atom stereocenters. The minimum Gasteiger partial charge on any atom is -0.480 e. The van der Waals surface area contributed by atoms with Crippen LogP contribution in [0.5, 0.6) is 0 Å². The number of carboxylic acids is 1. The molecule has 19 heavy (non-hydrogen) atoms. The highest BCUT2D eigenvalue weighted by Crippen LogP contribution is 2.30. The Morgan fingerprint density at radius 3 is 2.58 bits per heavy atom. The monoisotopic (exact) mass is 261 g/mol. The maximum Gasteiger partial charge on any atom is 0.323 e. The second kappa shape index (κ2) is 5.87. The Morgan fingerprint density at radius 2 is 2.00 bits per heavy atom. The van der Waals surface area contributed by atoms with Gasteiger partial charge in [-0.2, -0.15) is 0 Å². The van der Waals surface area contributed by atoms with Crippen molar-refractivity contribution in [2.45, 2.75) is 26.2 Å². The maximum absolute atomic E-state index is 12.5. The number of carbonyl (C=O) groups excluding carboxylic acids is 1. The van der Waals surface area contributed by atoms with Gasteiger partial charge in [0.2, 0.25) is 0 Å². The third-order valence-corrected chi connectivity index (χ3v) is 3.42. The fourth-order valence-electron chi connectivity index (χ4n) is 2.20. The first-order valence-corrected chi connectivity index (χ1v) is 6.70. The molecule has 102 valence electrons. The number of nitrogens with zero attached hydrogens (tertiary/aromatic N) is 1. The van der Waals surface area contributed by atoms with E-state index >= 15 is 0 Å². The topological polar surface area (TPSA) is 57.6 Å². The van der Waals surface area contributed by atoms with Crippen LogP contribution in [0.1, 0.15) is 35.7 Å². The lowest BCUT2D eigenvalue weighted by molar-refractivity contribution is -0.137. The highest BCUT2D eigenvalue weighted by atomic mass is 16.4. The number of aliphatic carboxylic acids is 1. The van der Waals surface area contributed by atoms with Crippen LogP contribution in [0.2, 0.25) is 0 Å². The predicted octanol–water partition coefficient (Wildman–Crippen LogP) is 2.19. The predicted molar refractivity (Wildman–Crippen MR) is 72.1 cm³/mol. The van der Waals surface area contributed by atoms with Gasteiger partial charge in [0.1, 0.15) is 6.54 Å². The van der Waals surface area contributed by atoms with Gasteiger partial charge in [-0.1, -0.05) is 25.1 Å². The number of aryl methyl sites for hydroxylation is 1. The molecule has 0 unspecified atom stereocenters. The number of amides is 1. The van der Waals surface area contributed by atoms with E-state index in [2.05, 4.69) is 0 Å². The van der Waals surface area contributed by atoms with E-state index in [0.717, 1.165) is 24.8 Å². The summed E-state index contributed by atoms with van der Waals surface area (Å²) in [5.41, 5.74) is 1.60. The van der Waals surface area contributed by atoms with Crippen LogP contribution < -0.4 is 0 Å². The molecule has 0 saturated heterocycles. The van der Waals surface area contributed by atoms with Crippen LogP contribution >= 0.6 is 0 Å². The Hall–Kier alpha value is -1.84. The van der Waals surface area contributed by atoms with Gasteiger partial charge in [0, 0.05) is 12.1 Å². The molecule has 4 heteroatoms. The molecule has 2 rings (SSSR count). The number of carboxylic acid groups (broad SMARTS) is 1. The summed E-state index contributed by atoms with van der Waals surface area (Å²) in [6.45, 7) is 2.34. The van der Waals surface area contributed by atoms with Gasteiger partial charge in [0.15, 0.2) is 0 Å². The lowest BCUT2D eigenvalue weighted by atomic mass is 10.0. The van der Waals surface area contributed by atoms with E-state index in [0.29, 0.717) is 18.0 Å². The molecule has 0 radical (unpaired) electrons. The zero-order chi connectivity index (χ0) is 13.8. The normalized spacial score (nSPS) is 14.2. The molecular formula is C15H19NO3. The molecule has 1 N–H and O–H groups in total. The number of carbonyl (C=O) groups is 2. The van der Waals surface area contributed by atoms with E-state index in [1.807, 2.05) is 25.1 Å². The molecule has 1 amide bonds. The van der Waals surface area contributed by atoms with E-state index in [4.69, 9.17) is 5.11 Å². The molecule has 0 bridgehead atoms. The third-order valence-electron chi connectivity index (χ3n) is 3.42. The van der Waals surface area contributed by atoms with Crippen LogP contribution in [-0.2, 0) is 11.2 Å². The van der Waals surface area contributed by atoms with E-state index in [9.17, 15) is 9.59 Å². The van der Waals surface area contributed by atoms with Crippen molar-refractivity contribution in [3.63, 3.8) is 0 Å². The lowest BCUT2D eigenvalue weighted by Gasteiger charge is -2.21. The number of hydrogen-bond donors (Lipinski definition) is 1. The first-order valence-electron chi connectivity index (χ1n) is 6.70. The summed E-state index contributed by atoms with van der Waals surface area (Å²) in [6, 6.07) is 7.42. The van der Waals surface area contributed by atoms with Gasteiger partial charge in [-0.25, -0.2) is 0 Å². The van der Waals surface area contributed by atoms with E-state index in [1.165, 1.54) is 4.90 Å². The van der Waals surface area contributed by atoms with Gasteiger partial charge in [0.25, 0.3) is 5.91 Å². The number of benzene rings is 1. The maximum atomic E-state index is 12.5. The Balaban J connectivity index is 2.19. The molecule has 0 heterocycles. The fraction of sp³-hybridized carbons (Fsp3) is 0.467. The Labute approximate surface area is 113 Å². The lowest BCUT2D eigenvalue weighted by Crippen LogP contribution is -2.37. The number of rotatable bonds is 6. The third kappa shape index (κ3) is 3.56. The second-order valence-corrected chi connectivity index (χ2v) is 5.03. The van der Waals surface area contributed by atoms with Gasteiger partial charge >= 0.3 is 5.97 Å². The zero-order valence-electron chi connectivity index (χ0n) is 11.1. The van der Waals surface area contributed by atoms with Gasteiger partial charge in [-0.15, -0.1) is 0 Å². The SMILES string of the molecule is CCc1ccccc1C(=O)N(CC(=O)O)CC1CC1. The molecule has 0 spiro atoms. The summed E-state index contributed by atoms with van der Waals surface area (Å²) in [5.74, 6) is -0.633. The van der Waals surface area contributed by atoms with Gasteiger partial charge in [-0.05, 0) is 36.8 Å². The summed E-state index contributed by atoms with van der Waals surface area (Å²) >= 11 is 0. The van der Waals surface area contributed by atoms with Gasteiger partial charge in [-0.3, -0.25) is 9.59 Å². The summed E-state index contributed by atoms with van der Waals surface area (Å²) in [7, 11) is 0. The minimum absolute atomic E-state index is 0.160. The Morgan fingerprint density at radius 1 is 1.32 bits per heavy atom. The van der Waals surface area contributed by atoms with Crippen LogP contribution in [0.4, 0.5) is 0 Å². The Bertz CT molecular complexity index is 480. The highest BCUT2D eigenvalue weighted by molar-refractivity contribution is 5.97. The van der Waals surface area contributed by atoms with Crippen molar-refractivity contribution in [1.29, 1.82) is 0 Å². The summed E-state index contributed by atoms with van der Waals surface area (Å²) in [4.78, 5) is 24.9. The molecule has 1 aromatic rings. The quantitative estimate of drug-likeness (QED) is 0.854. The second-order valence-electron chi connectivity index (χ2n) is 5.03. The summed E-state index contributed by atoms with van der Waals surface area (Å²) < 4.78 is 0.